The molecule has 0 saturated heterocycles. The minimum absolute atomic E-state index is 0.222. The second-order valence-corrected chi connectivity index (χ2v) is 2.56. The number of hydrogen-bond donors (Lipinski definition) is 2. The van der Waals surface area contributed by atoms with Crippen LogP contribution in [0.1, 0.15) is 5.69 Å². The third-order valence-corrected chi connectivity index (χ3v) is 1.64. The van der Waals surface area contributed by atoms with Crippen LogP contribution < -0.4 is 5.73 Å². The third kappa shape index (κ3) is 1.78. The highest BCUT2D eigenvalue weighted by Gasteiger charge is 2.02. The smallest absolute Gasteiger partial charge is 0.210 e. The van der Waals surface area contributed by atoms with Gasteiger partial charge in [0.1, 0.15) is 5.69 Å². The van der Waals surface area contributed by atoms with Gasteiger partial charge in [-0.1, -0.05) is 11.8 Å². The molecule has 0 radical (unpaired) electrons. The zero-order chi connectivity index (χ0) is 8.27. The highest BCUT2D eigenvalue weighted by Crippen LogP contribution is 2.10. The average molecular weight is 172 g/mol. The van der Waals surface area contributed by atoms with Crippen LogP contribution in [0.15, 0.2) is 5.16 Å². The first kappa shape index (κ1) is 8.22. The van der Waals surface area contributed by atoms with Gasteiger partial charge in [-0.15, -0.1) is 10.2 Å². The van der Waals surface area contributed by atoms with Crippen LogP contribution in [0.3, 0.4) is 0 Å². The predicted octanol–water partition coefficient (Wildman–Crippen LogP) is -0.332. The van der Waals surface area contributed by atoms with Crippen molar-refractivity contribution in [1.29, 1.82) is 0 Å². The van der Waals surface area contributed by atoms with Crippen molar-refractivity contribution in [2.75, 3.05) is 12.0 Å². The lowest BCUT2D eigenvalue weighted by Gasteiger charge is -1.99. The first-order chi connectivity index (χ1) is 5.27. The normalized spacial score (nSPS) is 10.0. The summed E-state index contributed by atoms with van der Waals surface area (Å²) in [7, 11) is 0. The lowest BCUT2D eigenvalue weighted by molar-refractivity contribution is 0.275. The Morgan fingerprint density at radius 1 is 1.55 bits per heavy atom. The standard InChI is InChI=1S/C5H8N4OS/c1-11-5-7-4(6)3(2-10)8-9-5/h10H,2H2,1H3,(H2,6,7,9). The molecule has 0 aromatic carbocycles. The van der Waals surface area contributed by atoms with Crippen LogP contribution in [0.25, 0.3) is 0 Å². The van der Waals surface area contributed by atoms with Gasteiger partial charge in [-0.25, -0.2) is 4.98 Å². The second-order valence-electron chi connectivity index (χ2n) is 1.79. The minimum Gasteiger partial charge on any atom is -0.390 e. The van der Waals surface area contributed by atoms with Crippen LogP contribution in [-0.2, 0) is 6.61 Å². The van der Waals surface area contributed by atoms with Crippen molar-refractivity contribution in [3.8, 4) is 0 Å². The molecule has 0 fully saturated rings. The van der Waals surface area contributed by atoms with Crippen molar-refractivity contribution >= 4 is 17.6 Å². The molecule has 1 rings (SSSR count). The molecule has 0 atom stereocenters. The van der Waals surface area contributed by atoms with E-state index < -0.39 is 0 Å². The summed E-state index contributed by atoms with van der Waals surface area (Å²) in [6, 6.07) is 0. The van der Waals surface area contributed by atoms with Crippen LogP contribution in [0.4, 0.5) is 5.82 Å². The fraction of sp³-hybridized carbons (Fsp3) is 0.400. The molecular formula is C5H8N4OS. The molecule has 1 heterocycles. The maximum absolute atomic E-state index is 8.65. The van der Waals surface area contributed by atoms with Gasteiger partial charge in [0.25, 0.3) is 0 Å². The largest absolute Gasteiger partial charge is 0.390 e. The van der Waals surface area contributed by atoms with Crippen molar-refractivity contribution in [2.24, 2.45) is 0 Å². The van der Waals surface area contributed by atoms with Gasteiger partial charge in [-0.05, 0) is 6.26 Å². The number of aromatic nitrogens is 3. The SMILES string of the molecule is CSc1nnc(CO)c(N)n1. The molecule has 0 aliphatic rings. The molecule has 11 heavy (non-hydrogen) atoms. The van der Waals surface area contributed by atoms with E-state index in [9.17, 15) is 0 Å². The fourth-order valence-corrected chi connectivity index (χ4v) is 0.855. The van der Waals surface area contributed by atoms with Gasteiger partial charge < -0.3 is 10.8 Å². The van der Waals surface area contributed by atoms with Gasteiger partial charge in [0.15, 0.2) is 5.82 Å². The van der Waals surface area contributed by atoms with Gasteiger partial charge in [-0.3, -0.25) is 0 Å². The fourth-order valence-electron chi connectivity index (χ4n) is 0.543. The number of nitrogen functional groups attached to an aromatic ring is 1. The number of nitrogens with zero attached hydrogens (tertiary/aromatic N) is 3. The molecule has 1 aromatic rings. The quantitative estimate of drug-likeness (QED) is 0.594. The maximum atomic E-state index is 8.65. The van der Waals surface area contributed by atoms with E-state index in [0.29, 0.717) is 10.9 Å². The number of nitrogens with two attached hydrogens (primary N) is 1. The number of aliphatic hydroxyl groups is 1. The van der Waals surface area contributed by atoms with E-state index >= 15 is 0 Å². The van der Waals surface area contributed by atoms with E-state index in [0.717, 1.165) is 0 Å². The Labute approximate surface area is 68.0 Å². The van der Waals surface area contributed by atoms with E-state index in [1.807, 2.05) is 6.26 Å². The Hall–Kier alpha value is -0.880. The van der Waals surface area contributed by atoms with Crippen LogP contribution in [0.2, 0.25) is 0 Å². The van der Waals surface area contributed by atoms with Crippen LogP contribution in [-0.4, -0.2) is 26.5 Å². The first-order valence-corrected chi connectivity index (χ1v) is 4.14. The summed E-state index contributed by atoms with van der Waals surface area (Å²) in [5.41, 5.74) is 5.74. The zero-order valence-electron chi connectivity index (χ0n) is 5.98. The van der Waals surface area contributed by atoms with E-state index in [1.54, 1.807) is 0 Å². The number of aliphatic hydroxyl groups excluding tert-OH is 1. The van der Waals surface area contributed by atoms with E-state index in [4.69, 9.17) is 10.8 Å². The Morgan fingerprint density at radius 2 is 2.27 bits per heavy atom. The molecule has 0 spiro atoms. The molecule has 0 bridgehead atoms. The number of rotatable bonds is 2. The highest BCUT2D eigenvalue weighted by atomic mass is 32.2. The van der Waals surface area contributed by atoms with Gasteiger partial charge in [0.2, 0.25) is 5.16 Å². The summed E-state index contributed by atoms with van der Waals surface area (Å²) < 4.78 is 0. The lowest BCUT2D eigenvalue weighted by atomic mass is 10.4. The summed E-state index contributed by atoms with van der Waals surface area (Å²) >= 11 is 1.36. The summed E-state index contributed by atoms with van der Waals surface area (Å²) in [5.74, 6) is 0.242. The number of anilines is 1. The molecule has 6 heteroatoms. The molecule has 0 amide bonds. The van der Waals surface area contributed by atoms with Gasteiger partial charge in [-0.2, -0.15) is 0 Å². The summed E-state index contributed by atoms with van der Waals surface area (Å²) in [4.78, 5) is 3.87. The Bertz CT molecular complexity index is 254. The minimum atomic E-state index is -0.222. The van der Waals surface area contributed by atoms with Crippen molar-refractivity contribution in [1.82, 2.24) is 15.2 Å². The first-order valence-electron chi connectivity index (χ1n) is 2.92. The Morgan fingerprint density at radius 3 is 2.73 bits per heavy atom. The van der Waals surface area contributed by atoms with Crippen LogP contribution in [0, 0.1) is 0 Å². The van der Waals surface area contributed by atoms with Crippen molar-refractivity contribution in [3.63, 3.8) is 0 Å². The van der Waals surface area contributed by atoms with Crippen molar-refractivity contribution < 1.29 is 5.11 Å². The molecular weight excluding hydrogens is 164 g/mol. The Kier molecular flexibility index (Phi) is 2.61. The van der Waals surface area contributed by atoms with Gasteiger partial charge >= 0.3 is 0 Å². The van der Waals surface area contributed by atoms with Crippen LogP contribution >= 0.6 is 11.8 Å². The van der Waals surface area contributed by atoms with E-state index in [2.05, 4.69) is 15.2 Å². The molecule has 0 saturated carbocycles. The molecule has 5 nitrogen and oxygen atoms in total. The topological polar surface area (TPSA) is 84.9 Å². The molecule has 3 N–H and O–H groups in total. The van der Waals surface area contributed by atoms with Gasteiger partial charge in [0.05, 0.1) is 6.61 Å². The summed E-state index contributed by atoms with van der Waals surface area (Å²) in [6.45, 7) is -0.222. The van der Waals surface area contributed by atoms with E-state index in [1.165, 1.54) is 11.8 Å². The monoisotopic (exact) mass is 172 g/mol. The molecule has 0 aliphatic heterocycles. The number of thioether (sulfide) groups is 1. The molecule has 0 unspecified atom stereocenters. The summed E-state index contributed by atoms with van der Waals surface area (Å²) in [5, 5.41) is 16.5. The maximum Gasteiger partial charge on any atom is 0.210 e. The van der Waals surface area contributed by atoms with Crippen molar-refractivity contribution in [2.45, 2.75) is 11.8 Å². The average Bonchev–Trinajstić information content (AvgIpc) is 2.04. The zero-order valence-corrected chi connectivity index (χ0v) is 6.80. The molecule has 1 aromatic heterocycles. The second kappa shape index (κ2) is 3.49. The Balaban J connectivity index is 2.99. The van der Waals surface area contributed by atoms with Crippen molar-refractivity contribution in [3.05, 3.63) is 5.69 Å². The highest BCUT2D eigenvalue weighted by molar-refractivity contribution is 7.98. The molecule has 0 aliphatic carbocycles. The number of hydrogen-bond acceptors (Lipinski definition) is 6. The lowest BCUT2D eigenvalue weighted by Crippen LogP contribution is -2.04. The predicted molar refractivity (Wildman–Crippen MR) is 41.9 cm³/mol. The molecule has 60 valence electrons. The van der Waals surface area contributed by atoms with Gasteiger partial charge in [0, 0.05) is 0 Å². The van der Waals surface area contributed by atoms with E-state index in [-0.39, 0.29) is 12.4 Å². The summed E-state index contributed by atoms with van der Waals surface area (Å²) in [6.07, 6.45) is 1.83. The third-order valence-electron chi connectivity index (χ3n) is 1.10. The van der Waals surface area contributed by atoms with Crippen LogP contribution in [0.5, 0.6) is 0 Å².